The molecule has 1 rings (SSSR count). The Hall–Kier alpha value is -1.13. The monoisotopic (exact) mass is 186 g/mol. The Labute approximate surface area is 74.5 Å². The van der Waals surface area contributed by atoms with E-state index in [1.54, 1.807) is 6.07 Å². The predicted molar refractivity (Wildman–Crippen MR) is 43.7 cm³/mol. The highest BCUT2D eigenvalue weighted by atomic mass is 35.5. The van der Waals surface area contributed by atoms with Crippen LogP contribution in [0.5, 0.6) is 0 Å². The Balaban J connectivity index is 2.81. The van der Waals surface area contributed by atoms with Crippen molar-refractivity contribution in [3.05, 3.63) is 29.0 Å². The van der Waals surface area contributed by atoms with E-state index in [0.717, 1.165) is 0 Å². The van der Waals surface area contributed by atoms with Gasteiger partial charge in [0.1, 0.15) is 5.69 Å². The minimum Gasteiger partial charge on any atom is -0.277 e. The third-order valence-corrected chi connectivity index (χ3v) is 1.38. The number of hydroxylamine groups is 1. The van der Waals surface area contributed by atoms with Gasteiger partial charge in [0.15, 0.2) is 0 Å². The highest BCUT2D eigenvalue weighted by molar-refractivity contribution is 6.30. The number of pyridine rings is 1. The third kappa shape index (κ3) is 2.18. The molecule has 1 heterocycles. The molecule has 1 aromatic rings. The molecule has 64 valence electrons. The summed E-state index contributed by atoms with van der Waals surface area (Å²) < 4.78 is 0. The van der Waals surface area contributed by atoms with Crippen LogP contribution in [0.15, 0.2) is 18.3 Å². The number of carbonyl (C=O) groups is 1. The molecule has 0 aromatic carbocycles. The Kier molecular flexibility index (Phi) is 3.01. The number of nitrogens with one attached hydrogen (secondary N) is 1. The lowest BCUT2D eigenvalue weighted by atomic mass is 10.3. The Morgan fingerprint density at radius 1 is 1.75 bits per heavy atom. The summed E-state index contributed by atoms with van der Waals surface area (Å²) in [6.07, 6.45) is 1.45. The van der Waals surface area contributed by atoms with E-state index in [0.29, 0.717) is 5.02 Å². The summed E-state index contributed by atoms with van der Waals surface area (Å²) in [6.45, 7) is 0. The third-order valence-electron chi connectivity index (χ3n) is 1.15. The van der Waals surface area contributed by atoms with E-state index in [9.17, 15) is 4.79 Å². The number of carbonyl (C=O) groups excluding carboxylic acids is 1. The average molecular weight is 187 g/mol. The summed E-state index contributed by atoms with van der Waals surface area (Å²) >= 11 is 5.63. The summed E-state index contributed by atoms with van der Waals surface area (Å²) in [5.74, 6) is -0.417. The summed E-state index contributed by atoms with van der Waals surface area (Å²) in [5, 5.41) is 0.464. The highest BCUT2D eigenvalue weighted by Crippen LogP contribution is 2.07. The molecular formula is C7H7ClN2O2. The van der Waals surface area contributed by atoms with Crippen molar-refractivity contribution >= 4 is 17.5 Å². The lowest BCUT2D eigenvalue weighted by molar-refractivity contribution is 0.0532. The Morgan fingerprint density at radius 2 is 2.50 bits per heavy atom. The van der Waals surface area contributed by atoms with Gasteiger partial charge < -0.3 is 0 Å². The van der Waals surface area contributed by atoms with Gasteiger partial charge in [-0.15, -0.1) is 0 Å². The Bertz CT molecular complexity index is 290. The van der Waals surface area contributed by atoms with Crippen molar-refractivity contribution in [2.24, 2.45) is 0 Å². The molecule has 0 atom stereocenters. The van der Waals surface area contributed by atoms with Gasteiger partial charge in [-0.05, 0) is 12.1 Å². The van der Waals surface area contributed by atoms with Crippen molar-refractivity contribution < 1.29 is 9.63 Å². The first-order valence-corrected chi connectivity index (χ1v) is 3.56. The number of hydrogen-bond acceptors (Lipinski definition) is 3. The van der Waals surface area contributed by atoms with Crippen LogP contribution in [0.4, 0.5) is 0 Å². The molecule has 1 N–H and O–H groups in total. The van der Waals surface area contributed by atoms with Crippen molar-refractivity contribution in [1.82, 2.24) is 10.5 Å². The minimum absolute atomic E-state index is 0.226. The first-order chi connectivity index (χ1) is 5.74. The fourth-order valence-electron chi connectivity index (χ4n) is 0.674. The summed E-state index contributed by atoms with van der Waals surface area (Å²) in [7, 11) is 1.35. The van der Waals surface area contributed by atoms with Gasteiger partial charge in [0.25, 0.3) is 5.91 Å². The second-order valence-electron chi connectivity index (χ2n) is 1.99. The van der Waals surface area contributed by atoms with Crippen LogP contribution in [0.25, 0.3) is 0 Å². The molecule has 0 aliphatic heterocycles. The van der Waals surface area contributed by atoms with E-state index in [4.69, 9.17) is 11.6 Å². The fourth-order valence-corrected chi connectivity index (χ4v) is 0.834. The molecule has 0 saturated heterocycles. The number of nitrogens with zero attached hydrogens (tertiary/aromatic N) is 1. The number of rotatable bonds is 2. The maximum absolute atomic E-state index is 11.0. The van der Waals surface area contributed by atoms with Crippen LogP contribution in [0, 0.1) is 0 Å². The smallest absolute Gasteiger partial charge is 0.277 e. The Morgan fingerprint density at radius 3 is 3.08 bits per heavy atom. The van der Waals surface area contributed by atoms with E-state index in [1.807, 2.05) is 0 Å². The standard InChI is InChI=1S/C7H7ClN2O2/c1-12-10-7(11)6-4-5(8)2-3-9-6/h2-4H,1H3,(H,10,11). The summed E-state index contributed by atoms with van der Waals surface area (Å²) in [4.78, 5) is 19.2. The van der Waals surface area contributed by atoms with Gasteiger partial charge in [-0.2, -0.15) is 0 Å². The van der Waals surface area contributed by atoms with E-state index in [2.05, 4.69) is 15.3 Å². The first-order valence-electron chi connectivity index (χ1n) is 3.19. The van der Waals surface area contributed by atoms with Crippen LogP contribution >= 0.6 is 11.6 Å². The first kappa shape index (κ1) is 8.96. The zero-order chi connectivity index (χ0) is 8.97. The molecule has 12 heavy (non-hydrogen) atoms. The highest BCUT2D eigenvalue weighted by Gasteiger charge is 2.05. The minimum atomic E-state index is -0.417. The van der Waals surface area contributed by atoms with Crippen LogP contribution in [0.3, 0.4) is 0 Å². The van der Waals surface area contributed by atoms with Crippen LogP contribution < -0.4 is 5.48 Å². The van der Waals surface area contributed by atoms with Gasteiger partial charge in [0.2, 0.25) is 0 Å². The maximum Gasteiger partial charge on any atom is 0.293 e. The SMILES string of the molecule is CONC(=O)c1cc(Cl)ccn1. The van der Waals surface area contributed by atoms with Crippen LogP contribution in [0.2, 0.25) is 5.02 Å². The summed E-state index contributed by atoms with van der Waals surface area (Å²) in [5.41, 5.74) is 2.36. The molecule has 0 aliphatic rings. The number of hydrogen-bond donors (Lipinski definition) is 1. The van der Waals surface area contributed by atoms with Gasteiger partial charge >= 0.3 is 0 Å². The maximum atomic E-state index is 11.0. The molecule has 0 unspecified atom stereocenters. The van der Waals surface area contributed by atoms with Gasteiger partial charge in [-0.25, -0.2) is 5.48 Å². The van der Waals surface area contributed by atoms with Crippen molar-refractivity contribution in [3.63, 3.8) is 0 Å². The molecular weight excluding hydrogens is 180 g/mol. The van der Waals surface area contributed by atoms with Gasteiger partial charge in [-0.3, -0.25) is 14.6 Å². The second-order valence-corrected chi connectivity index (χ2v) is 2.43. The molecule has 1 aromatic heterocycles. The lowest BCUT2D eigenvalue weighted by Gasteiger charge is -2.00. The van der Waals surface area contributed by atoms with Gasteiger partial charge in [0, 0.05) is 11.2 Å². The normalized spacial score (nSPS) is 9.50. The molecule has 0 bridgehead atoms. The molecule has 5 heteroatoms. The van der Waals surface area contributed by atoms with Crippen molar-refractivity contribution in [3.8, 4) is 0 Å². The fraction of sp³-hybridized carbons (Fsp3) is 0.143. The largest absolute Gasteiger partial charge is 0.293 e. The van der Waals surface area contributed by atoms with E-state index in [-0.39, 0.29) is 5.69 Å². The molecule has 4 nitrogen and oxygen atoms in total. The van der Waals surface area contributed by atoms with E-state index in [1.165, 1.54) is 19.4 Å². The van der Waals surface area contributed by atoms with Crippen LogP contribution in [-0.2, 0) is 4.84 Å². The average Bonchev–Trinajstić information content (AvgIpc) is 2.05. The van der Waals surface area contributed by atoms with Crippen molar-refractivity contribution in [2.45, 2.75) is 0 Å². The number of halogens is 1. The predicted octanol–water partition coefficient (Wildman–Crippen LogP) is 1.03. The van der Waals surface area contributed by atoms with E-state index >= 15 is 0 Å². The zero-order valence-corrected chi connectivity index (χ0v) is 7.13. The molecule has 0 saturated carbocycles. The van der Waals surface area contributed by atoms with Crippen molar-refractivity contribution in [2.75, 3.05) is 7.11 Å². The van der Waals surface area contributed by atoms with Gasteiger partial charge in [-0.1, -0.05) is 11.6 Å². The number of aromatic nitrogens is 1. The molecule has 0 aliphatic carbocycles. The zero-order valence-electron chi connectivity index (χ0n) is 6.37. The molecule has 0 spiro atoms. The second kappa shape index (κ2) is 4.04. The summed E-state index contributed by atoms with van der Waals surface area (Å²) in [6, 6.07) is 3.04. The molecule has 0 radical (unpaired) electrons. The topological polar surface area (TPSA) is 51.2 Å². The number of amides is 1. The molecule has 1 amide bonds. The van der Waals surface area contributed by atoms with E-state index < -0.39 is 5.91 Å². The van der Waals surface area contributed by atoms with Crippen LogP contribution in [0.1, 0.15) is 10.5 Å². The quantitative estimate of drug-likeness (QED) is 0.702. The lowest BCUT2D eigenvalue weighted by Crippen LogP contribution is -2.22. The molecule has 0 fully saturated rings. The van der Waals surface area contributed by atoms with Gasteiger partial charge in [0.05, 0.1) is 7.11 Å². The van der Waals surface area contributed by atoms with Crippen LogP contribution in [-0.4, -0.2) is 18.0 Å². The van der Waals surface area contributed by atoms with Crippen molar-refractivity contribution in [1.29, 1.82) is 0 Å².